The van der Waals surface area contributed by atoms with Crippen molar-refractivity contribution >= 4 is 5.91 Å². The van der Waals surface area contributed by atoms with Crippen molar-refractivity contribution in [3.63, 3.8) is 0 Å². The molecule has 0 saturated carbocycles. The molecule has 0 aromatic carbocycles. The minimum atomic E-state index is -1.57. The van der Waals surface area contributed by atoms with Gasteiger partial charge in [0.1, 0.15) is 24.4 Å². The average molecular weight is 754 g/mol. The van der Waals surface area contributed by atoms with Crippen LogP contribution in [0, 0.1) is 0 Å². The number of hydrogen-bond acceptors (Lipinski definition) is 8. The summed E-state index contributed by atoms with van der Waals surface area (Å²) >= 11 is 0. The summed E-state index contributed by atoms with van der Waals surface area (Å²) in [6, 6.07) is -0.815. The molecule has 1 aliphatic rings. The van der Waals surface area contributed by atoms with Gasteiger partial charge in [-0.15, -0.1) is 0 Å². The molecule has 312 valence electrons. The Labute approximate surface area is 324 Å². The molecule has 1 rings (SSSR count). The normalized spacial score (nSPS) is 21.8. The van der Waals surface area contributed by atoms with E-state index in [9.17, 15) is 30.3 Å². The lowest BCUT2D eigenvalue weighted by Crippen LogP contribution is -2.60. The van der Waals surface area contributed by atoms with Crippen LogP contribution in [0.4, 0.5) is 0 Å². The predicted molar refractivity (Wildman–Crippen MR) is 217 cm³/mol. The maximum absolute atomic E-state index is 12.9. The van der Waals surface area contributed by atoms with Crippen molar-refractivity contribution in [2.45, 2.75) is 236 Å². The Morgan fingerprint density at radius 2 is 1.08 bits per heavy atom. The fraction of sp³-hybridized carbons (Fsp3) is 0.886. The van der Waals surface area contributed by atoms with Gasteiger partial charge in [-0.2, -0.15) is 0 Å². The number of aliphatic hydroxyl groups excluding tert-OH is 5. The van der Waals surface area contributed by atoms with Crippen LogP contribution in [0.3, 0.4) is 0 Å². The second kappa shape index (κ2) is 35.1. The Hall–Kier alpha value is -1.33. The highest BCUT2D eigenvalue weighted by molar-refractivity contribution is 5.76. The van der Waals surface area contributed by atoms with Crippen LogP contribution in [-0.2, 0) is 14.3 Å². The number of carbonyl (C=O) groups excluding carboxylic acids is 1. The van der Waals surface area contributed by atoms with Crippen LogP contribution in [0.1, 0.15) is 194 Å². The molecule has 0 aromatic rings. The van der Waals surface area contributed by atoms with Crippen molar-refractivity contribution in [1.82, 2.24) is 5.32 Å². The number of unbranched alkanes of at least 4 members (excludes halogenated alkanes) is 24. The molecule has 7 atom stereocenters. The molecular weight excluding hydrogens is 670 g/mol. The lowest BCUT2D eigenvalue weighted by molar-refractivity contribution is -0.302. The van der Waals surface area contributed by atoms with E-state index in [2.05, 4.69) is 31.3 Å². The summed E-state index contributed by atoms with van der Waals surface area (Å²) in [7, 11) is 0. The zero-order valence-electron chi connectivity index (χ0n) is 34.0. The van der Waals surface area contributed by atoms with Gasteiger partial charge in [0.15, 0.2) is 6.29 Å². The first-order valence-electron chi connectivity index (χ1n) is 22.1. The molecule has 0 aromatic heterocycles. The van der Waals surface area contributed by atoms with Gasteiger partial charge in [0.25, 0.3) is 0 Å². The summed E-state index contributed by atoms with van der Waals surface area (Å²) < 4.78 is 11.2. The topological polar surface area (TPSA) is 149 Å². The van der Waals surface area contributed by atoms with Crippen LogP contribution in [0.15, 0.2) is 24.3 Å². The second-order valence-electron chi connectivity index (χ2n) is 15.5. The minimum Gasteiger partial charge on any atom is -0.394 e. The molecule has 9 nitrogen and oxygen atoms in total. The van der Waals surface area contributed by atoms with Crippen molar-refractivity contribution in [1.29, 1.82) is 0 Å². The van der Waals surface area contributed by atoms with Crippen molar-refractivity contribution in [3.8, 4) is 0 Å². The number of amides is 1. The van der Waals surface area contributed by atoms with Crippen LogP contribution in [0.2, 0.25) is 0 Å². The molecule has 53 heavy (non-hydrogen) atoms. The number of allylic oxidation sites excluding steroid dienone is 3. The number of aliphatic hydroxyl groups is 5. The number of nitrogens with one attached hydrogen (secondary N) is 1. The number of carbonyl (C=O) groups is 1. The van der Waals surface area contributed by atoms with Gasteiger partial charge < -0.3 is 40.3 Å². The minimum absolute atomic E-state index is 0.186. The quantitative estimate of drug-likeness (QED) is 0.0275. The molecule has 1 fully saturated rings. The monoisotopic (exact) mass is 754 g/mol. The lowest BCUT2D eigenvalue weighted by Gasteiger charge is -2.40. The second-order valence-corrected chi connectivity index (χ2v) is 15.5. The maximum Gasteiger partial charge on any atom is 0.220 e. The highest BCUT2D eigenvalue weighted by Gasteiger charge is 2.44. The Morgan fingerprint density at radius 3 is 1.58 bits per heavy atom. The Bertz CT molecular complexity index is 883. The van der Waals surface area contributed by atoms with Crippen LogP contribution < -0.4 is 5.32 Å². The highest BCUT2D eigenvalue weighted by atomic mass is 16.7. The average Bonchev–Trinajstić information content (AvgIpc) is 3.16. The van der Waals surface area contributed by atoms with Crippen LogP contribution in [0.25, 0.3) is 0 Å². The summed E-state index contributed by atoms with van der Waals surface area (Å²) in [6.07, 6.45) is 33.6. The van der Waals surface area contributed by atoms with Crippen LogP contribution in [-0.4, -0.2) is 87.5 Å². The first kappa shape index (κ1) is 49.7. The summed E-state index contributed by atoms with van der Waals surface area (Å²) in [5.41, 5.74) is 0. The van der Waals surface area contributed by atoms with Gasteiger partial charge in [0, 0.05) is 6.42 Å². The van der Waals surface area contributed by atoms with E-state index in [0.29, 0.717) is 6.42 Å². The number of hydrogen-bond donors (Lipinski definition) is 6. The molecule has 6 N–H and O–H groups in total. The molecule has 0 spiro atoms. The van der Waals surface area contributed by atoms with E-state index in [1.54, 1.807) is 6.08 Å². The zero-order chi connectivity index (χ0) is 38.8. The van der Waals surface area contributed by atoms with Crippen molar-refractivity contribution in [2.75, 3.05) is 13.2 Å². The summed E-state index contributed by atoms with van der Waals surface area (Å²) in [6.45, 7) is 3.74. The third kappa shape index (κ3) is 26.2. The summed E-state index contributed by atoms with van der Waals surface area (Å²) in [5.74, 6) is -0.186. The number of ether oxygens (including phenoxy) is 2. The van der Waals surface area contributed by atoms with E-state index in [0.717, 1.165) is 38.5 Å². The molecule has 0 bridgehead atoms. The van der Waals surface area contributed by atoms with Crippen molar-refractivity contribution in [3.05, 3.63) is 24.3 Å². The summed E-state index contributed by atoms with van der Waals surface area (Å²) in [5, 5.41) is 54.0. The van der Waals surface area contributed by atoms with E-state index < -0.39 is 49.5 Å². The smallest absolute Gasteiger partial charge is 0.220 e. The van der Waals surface area contributed by atoms with Crippen LogP contribution in [0.5, 0.6) is 0 Å². The molecule has 1 saturated heterocycles. The first-order valence-corrected chi connectivity index (χ1v) is 22.1. The molecule has 0 radical (unpaired) electrons. The largest absolute Gasteiger partial charge is 0.394 e. The van der Waals surface area contributed by atoms with Gasteiger partial charge in [-0.1, -0.05) is 179 Å². The van der Waals surface area contributed by atoms with E-state index in [1.807, 2.05) is 6.08 Å². The fourth-order valence-electron chi connectivity index (χ4n) is 6.94. The lowest BCUT2D eigenvalue weighted by atomic mass is 9.99. The van der Waals surface area contributed by atoms with E-state index in [1.165, 1.54) is 135 Å². The Kier molecular flexibility index (Phi) is 32.9. The van der Waals surface area contributed by atoms with Crippen molar-refractivity contribution < 1.29 is 39.8 Å². The molecule has 9 heteroatoms. The van der Waals surface area contributed by atoms with Crippen molar-refractivity contribution in [2.24, 2.45) is 0 Å². The van der Waals surface area contributed by atoms with E-state index in [4.69, 9.17) is 9.47 Å². The Balaban J connectivity index is 2.38. The number of rotatable bonds is 36. The Morgan fingerprint density at radius 1 is 0.623 bits per heavy atom. The first-order chi connectivity index (χ1) is 25.8. The van der Waals surface area contributed by atoms with E-state index >= 15 is 0 Å². The fourth-order valence-corrected chi connectivity index (χ4v) is 6.94. The van der Waals surface area contributed by atoms with Gasteiger partial charge in [0.05, 0.1) is 25.4 Å². The third-order valence-corrected chi connectivity index (χ3v) is 10.5. The molecule has 1 heterocycles. The molecule has 1 amide bonds. The van der Waals surface area contributed by atoms with Gasteiger partial charge in [0.2, 0.25) is 5.91 Å². The molecule has 0 aliphatic carbocycles. The third-order valence-electron chi connectivity index (χ3n) is 10.5. The van der Waals surface area contributed by atoms with Gasteiger partial charge >= 0.3 is 0 Å². The van der Waals surface area contributed by atoms with Crippen LogP contribution >= 0.6 is 0 Å². The SMILES string of the molecule is CCCCCCCCC/C=C/CC/C=C/C(O)C(COC1OC(CO)C(O)C(O)C1O)NC(=O)CCCCCCCCCCCCCCCCCCC. The van der Waals surface area contributed by atoms with Gasteiger partial charge in [-0.25, -0.2) is 0 Å². The highest BCUT2D eigenvalue weighted by Crippen LogP contribution is 2.22. The standard InChI is InChI=1S/C44H83NO8/c1-3-5-7-9-11-13-15-17-18-19-20-22-24-26-28-30-32-34-40(48)45-37(36-52-44-43(51)42(50)41(49)39(35-46)53-44)38(47)33-31-29-27-25-23-21-16-14-12-10-8-6-4-2/h23,25,31,33,37-39,41-44,46-47,49-51H,3-22,24,26-30,32,34-36H2,1-2H3,(H,45,48)/b25-23+,33-31+. The van der Waals surface area contributed by atoms with Gasteiger partial charge in [-0.3, -0.25) is 4.79 Å². The molecular formula is C44H83NO8. The maximum atomic E-state index is 12.9. The van der Waals surface area contributed by atoms with Gasteiger partial charge in [-0.05, 0) is 32.1 Å². The molecule has 7 unspecified atom stereocenters. The molecule has 1 aliphatic heterocycles. The predicted octanol–water partition coefficient (Wildman–Crippen LogP) is 8.72. The summed E-state index contributed by atoms with van der Waals surface area (Å²) in [4.78, 5) is 12.9. The zero-order valence-corrected chi connectivity index (χ0v) is 34.0. The van der Waals surface area contributed by atoms with E-state index in [-0.39, 0.29) is 12.5 Å².